The molecule has 0 fully saturated rings. The summed E-state index contributed by atoms with van der Waals surface area (Å²) in [5.74, 6) is 6.32. The zero-order valence-corrected chi connectivity index (χ0v) is 12.3. The SMILES string of the molecule is CCOCC(C)OCc1cc(OC)ccc1C#CCO. The maximum absolute atomic E-state index is 8.79. The Morgan fingerprint density at radius 1 is 1.35 bits per heavy atom. The number of aliphatic hydroxyl groups is 1. The van der Waals surface area contributed by atoms with Crippen molar-refractivity contribution in [3.8, 4) is 17.6 Å². The summed E-state index contributed by atoms with van der Waals surface area (Å²) in [7, 11) is 1.62. The van der Waals surface area contributed by atoms with Crippen LogP contribution in [0.3, 0.4) is 0 Å². The number of methoxy groups -OCH3 is 1. The first-order valence-corrected chi connectivity index (χ1v) is 6.67. The van der Waals surface area contributed by atoms with Crippen molar-refractivity contribution in [2.24, 2.45) is 0 Å². The van der Waals surface area contributed by atoms with Gasteiger partial charge in [-0.2, -0.15) is 0 Å². The fourth-order valence-corrected chi connectivity index (χ4v) is 1.64. The zero-order chi connectivity index (χ0) is 14.8. The maximum Gasteiger partial charge on any atom is 0.119 e. The quantitative estimate of drug-likeness (QED) is 0.775. The monoisotopic (exact) mass is 278 g/mol. The second kappa shape index (κ2) is 9.38. The number of aliphatic hydroxyl groups excluding tert-OH is 1. The van der Waals surface area contributed by atoms with Crippen molar-refractivity contribution in [3.63, 3.8) is 0 Å². The van der Waals surface area contributed by atoms with Gasteiger partial charge in [0.1, 0.15) is 12.4 Å². The fourth-order valence-electron chi connectivity index (χ4n) is 1.64. The van der Waals surface area contributed by atoms with Crippen LogP contribution in [-0.2, 0) is 16.1 Å². The summed E-state index contributed by atoms with van der Waals surface area (Å²) < 4.78 is 16.3. The van der Waals surface area contributed by atoms with E-state index in [1.54, 1.807) is 7.11 Å². The molecule has 0 saturated heterocycles. The summed E-state index contributed by atoms with van der Waals surface area (Å²) in [6, 6.07) is 5.61. The molecule has 0 saturated carbocycles. The van der Waals surface area contributed by atoms with Crippen LogP contribution < -0.4 is 4.74 Å². The average Bonchev–Trinajstić information content (AvgIpc) is 2.49. The van der Waals surface area contributed by atoms with Crippen LogP contribution in [0.15, 0.2) is 18.2 Å². The van der Waals surface area contributed by atoms with E-state index in [4.69, 9.17) is 19.3 Å². The molecule has 0 radical (unpaired) electrons. The van der Waals surface area contributed by atoms with E-state index >= 15 is 0 Å². The van der Waals surface area contributed by atoms with Crippen LogP contribution in [0.5, 0.6) is 5.75 Å². The van der Waals surface area contributed by atoms with Gasteiger partial charge in [0, 0.05) is 12.2 Å². The second-order valence-corrected chi connectivity index (χ2v) is 4.26. The Hall–Kier alpha value is -1.54. The molecule has 0 bridgehead atoms. The van der Waals surface area contributed by atoms with E-state index in [2.05, 4.69) is 11.8 Å². The molecular weight excluding hydrogens is 256 g/mol. The highest BCUT2D eigenvalue weighted by atomic mass is 16.5. The molecule has 1 aromatic carbocycles. The molecule has 1 atom stereocenters. The molecule has 0 aliphatic heterocycles. The van der Waals surface area contributed by atoms with Gasteiger partial charge >= 0.3 is 0 Å². The summed E-state index contributed by atoms with van der Waals surface area (Å²) >= 11 is 0. The third-order valence-corrected chi connectivity index (χ3v) is 2.69. The van der Waals surface area contributed by atoms with Crippen LogP contribution in [0.2, 0.25) is 0 Å². The van der Waals surface area contributed by atoms with Gasteiger partial charge in [-0.05, 0) is 37.6 Å². The third-order valence-electron chi connectivity index (χ3n) is 2.69. The highest BCUT2D eigenvalue weighted by molar-refractivity contribution is 5.45. The van der Waals surface area contributed by atoms with Crippen LogP contribution in [0, 0.1) is 11.8 Å². The van der Waals surface area contributed by atoms with Crippen molar-refractivity contribution in [1.82, 2.24) is 0 Å². The predicted molar refractivity (Wildman–Crippen MR) is 77.7 cm³/mol. The van der Waals surface area contributed by atoms with E-state index in [9.17, 15) is 0 Å². The van der Waals surface area contributed by atoms with Gasteiger partial charge in [0.15, 0.2) is 0 Å². The zero-order valence-electron chi connectivity index (χ0n) is 12.3. The van der Waals surface area contributed by atoms with Gasteiger partial charge in [-0.3, -0.25) is 0 Å². The van der Waals surface area contributed by atoms with Gasteiger partial charge in [0.05, 0.1) is 26.4 Å². The number of hydrogen-bond donors (Lipinski definition) is 1. The van der Waals surface area contributed by atoms with Gasteiger partial charge in [0.25, 0.3) is 0 Å². The lowest BCUT2D eigenvalue weighted by Gasteiger charge is -2.14. The lowest BCUT2D eigenvalue weighted by molar-refractivity contribution is -0.0117. The second-order valence-electron chi connectivity index (χ2n) is 4.26. The average molecular weight is 278 g/mol. The van der Waals surface area contributed by atoms with Crippen molar-refractivity contribution in [2.45, 2.75) is 26.6 Å². The minimum Gasteiger partial charge on any atom is -0.497 e. The minimum atomic E-state index is -0.160. The molecule has 0 heterocycles. The topological polar surface area (TPSA) is 47.9 Å². The minimum absolute atomic E-state index is 0.0137. The molecular formula is C16H22O4. The summed E-state index contributed by atoms with van der Waals surface area (Å²) in [4.78, 5) is 0. The molecule has 20 heavy (non-hydrogen) atoms. The number of benzene rings is 1. The molecule has 110 valence electrons. The molecule has 0 aliphatic carbocycles. The Kier molecular flexibility index (Phi) is 7.74. The lowest BCUT2D eigenvalue weighted by atomic mass is 10.1. The van der Waals surface area contributed by atoms with E-state index in [1.165, 1.54) is 0 Å². The predicted octanol–water partition coefficient (Wildman–Crippen LogP) is 1.98. The van der Waals surface area contributed by atoms with Crippen LogP contribution in [0.25, 0.3) is 0 Å². The molecule has 1 rings (SSSR count). The Morgan fingerprint density at radius 2 is 2.15 bits per heavy atom. The first kappa shape index (κ1) is 16.5. The van der Waals surface area contributed by atoms with Gasteiger partial charge in [-0.15, -0.1) is 0 Å². The van der Waals surface area contributed by atoms with E-state index in [-0.39, 0.29) is 12.7 Å². The molecule has 1 unspecified atom stereocenters. The van der Waals surface area contributed by atoms with Crippen molar-refractivity contribution < 1.29 is 19.3 Å². The number of ether oxygens (including phenoxy) is 3. The smallest absolute Gasteiger partial charge is 0.119 e. The Bertz CT molecular complexity index is 459. The van der Waals surface area contributed by atoms with E-state index < -0.39 is 0 Å². The van der Waals surface area contributed by atoms with Crippen LogP contribution in [0.1, 0.15) is 25.0 Å². The highest BCUT2D eigenvalue weighted by Gasteiger charge is 2.07. The van der Waals surface area contributed by atoms with Gasteiger partial charge in [-0.1, -0.05) is 11.8 Å². The van der Waals surface area contributed by atoms with E-state index in [0.717, 1.165) is 16.9 Å². The fraction of sp³-hybridized carbons (Fsp3) is 0.500. The molecule has 0 aromatic heterocycles. The normalized spacial score (nSPS) is 11.6. The van der Waals surface area contributed by atoms with Crippen LogP contribution in [0.4, 0.5) is 0 Å². The summed E-state index contributed by atoms with van der Waals surface area (Å²) in [6.45, 7) is 5.44. The summed E-state index contributed by atoms with van der Waals surface area (Å²) in [5.41, 5.74) is 1.78. The first-order chi connectivity index (χ1) is 9.71. The maximum atomic E-state index is 8.79. The molecule has 0 aliphatic rings. The highest BCUT2D eigenvalue weighted by Crippen LogP contribution is 2.18. The number of hydrogen-bond acceptors (Lipinski definition) is 4. The number of rotatable bonds is 7. The lowest BCUT2D eigenvalue weighted by Crippen LogP contribution is -2.16. The van der Waals surface area contributed by atoms with Crippen molar-refractivity contribution >= 4 is 0 Å². The van der Waals surface area contributed by atoms with Crippen molar-refractivity contribution in [3.05, 3.63) is 29.3 Å². The van der Waals surface area contributed by atoms with Crippen LogP contribution >= 0.6 is 0 Å². The molecule has 0 amide bonds. The molecule has 4 nitrogen and oxygen atoms in total. The largest absolute Gasteiger partial charge is 0.497 e. The molecule has 1 aromatic rings. The first-order valence-electron chi connectivity index (χ1n) is 6.67. The van der Waals surface area contributed by atoms with Gasteiger partial charge in [-0.25, -0.2) is 0 Å². The molecule has 0 spiro atoms. The Balaban J connectivity index is 2.74. The summed E-state index contributed by atoms with van der Waals surface area (Å²) in [5, 5.41) is 8.79. The summed E-state index contributed by atoms with van der Waals surface area (Å²) in [6.07, 6.45) is 0.0137. The molecule has 4 heteroatoms. The van der Waals surface area contributed by atoms with E-state index in [1.807, 2.05) is 32.0 Å². The van der Waals surface area contributed by atoms with Crippen LogP contribution in [-0.4, -0.2) is 38.1 Å². The molecule has 1 N–H and O–H groups in total. The van der Waals surface area contributed by atoms with Crippen molar-refractivity contribution in [2.75, 3.05) is 26.9 Å². The van der Waals surface area contributed by atoms with Gasteiger partial charge in [0.2, 0.25) is 0 Å². The Labute approximate surface area is 120 Å². The Morgan fingerprint density at radius 3 is 2.80 bits per heavy atom. The third kappa shape index (κ3) is 5.62. The van der Waals surface area contributed by atoms with Gasteiger partial charge < -0.3 is 19.3 Å². The van der Waals surface area contributed by atoms with E-state index in [0.29, 0.717) is 19.8 Å². The standard InChI is InChI=1S/C16H22O4/c1-4-19-11-13(2)20-12-15-10-16(18-3)8-7-14(15)6-5-9-17/h7-8,10,13,17H,4,9,11-12H2,1-3H3. The van der Waals surface area contributed by atoms with Crippen molar-refractivity contribution in [1.29, 1.82) is 0 Å².